The molecule has 19 heavy (non-hydrogen) atoms. The molecule has 5 heteroatoms. The number of carbonyl (C=O) groups excluding carboxylic acids is 1. The third kappa shape index (κ3) is 2.87. The van der Waals surface area contributed by atoms with Crippen molar-refractivity contribution in [2.45, 2.75) is 31.6 Å². The molecule has 1 aliphatic carbocycles. The second kappa shape index (κ2) is 5.17. The van der Waals surface area contributed by atoms with Crippen LogP contribution in [0.5, 0.6) is 0 Å². The van der Waals surface area contributed by atoms with E-state index in [-0.39, 0.29) is 11.9 Å². The Morgan fingerprint density at radius 3 is 2.84 bits per heavy atom. The summed E-state index contributed by atoms with van der Waals surface area (Å²) in [6.07, 6.45) is 6.98. The van der Waals surface area contributed by atoms with Crippen LogP contribution in [0.1, 0.15) is 19.3 Å². The zero-order valence-corrected chi connectivity index (χ0v) is 10.7. The highest BCUT2D eigenvalue weighted by Gasteiger charge is 2.28. The predicted molar refractivity (Wildman–Crippen MR) is 70.9 cm³/mol. The molecule has 1 unspecified atom stereocenters. The summed E-state index contributed by atoms with van der Waals surface area (Å²) in [5, 5.41) is 8.70. The van der Waals surface area contributed by atoms with Gasteiger partial charge in [-0.1, -0.05) is 12.2 Å². The van der Waals surface area contributed by atoms with E-state index in [1.54, 1.807) is 12.2 Å². The molecule has 2 heterocycles. The third-order valence-electron chi connectivity index (χ3n) is 3.58. The van der Waals surface area contributed by atoms with Gasteiger partial charge in [-0.15, -0.1) is 0 Å². The summed E-state index contributed by atoms with van der Waals surface area (Å²) in [5.41, 5.74) is 1.99. The van der Waals surface area contributed by atoms with Gasteiger partial charge in [-0.3, -0.25) is 4.79 Å². The molecule has 1 saturated carbocycles. The Bertz CT molecular complexity index is 477. The lowest BCUT2D eigenvalue weighted by molar-refractivity contribution is -0.118. The molecule has 0 aromatic carbocycles. The fourth-order valence-corrected chi connectivity index (χ4v) is 2.31. The van der Waals surface area contributed by atoms with Gasteiger partial charge in [0.1, 0.15) is 5.70 Å². The quantitative estimate of drug-likeness (QED) is 0.663. The first-order valence-corrected chi connectivity index (χ1v) is 6.77. The first-order chi connectivity index (χ1) is 9.24. The maximum Gasteiger partial charge on any atom is 0.267 e. The van der Waals surface area contributed by atoms with Gasteiger partial charge in [-0.05, 0) is 37.5 Å². The maximum atomic E-state index is 14.1. The molecular formula is C14H18FN3O. The molecule has 2 aliphatic heterocycles. The van der Waals surface area contributed by atoms with Crippen LogP contribution in [0.2, 0.25) is 0 Å². The second-order valence-electron chi connectivity index (χ2n) is 5.14. The second-order valence-corrected chi connectivity index (χ2v) is 5.14. The molecule has 0 aromatic heterocycles. The number of dihydropyridines is 1. The van der Waals surface area contributed by atoms with E-state index in [0.717, 1.165) is 37.9 Å². The molecule has 4 nitrogen and oxygen atoms in total. The van der Waals surface area contributed by atoms with Crippen molar-refractivity contribution >= 4 is 5.91 Å². The van der Waals surface area contributed by atoms with E-state index < -0.39 is 6.30 Å². The number of amides is 1. The van der Waals surface area contributed by atoms with Gasteiger partial charge in [0, 0.05) is 18.2 Å². The molecule has 0 aromatic rings. The van der Waals surface area contributed by atoms with Gasteiger partial charge in [0.25, 0.3) is 5.91 Å². The summed E-state index contributed by atoms with van der Waals surface area (Å²) < 4.78 is 14.1. The van der Waals surface area contributed by atoms with Gasteiger partial charge in [-0.25, -0.2) is 4.39 Å². The van der Waals surface area contributed by atoms with E-state index in [1.165, 1.54) is 0 Å². The Hall–Kier alpha value is -1.62. The van der Waals surface area contributed by atoms with Crippen molar-refractivity contribution in [3.8, 4) is 0 Å². The minimum Gasteiger partial charge on any atom is -0.348 e. The highest BCUT2D eigenvalue weighted by molar-refractivity contribution is 5.94. The Morgan fingerprint density at radius 2 is 2.21 bits per heavy atom. The molecule has 3 rings (SSSR count). The minimum atomic E-state index is -1.30. The fourth-order valence-electron chi connectivity index (χ4n) is 2.31. The fraction of sp³-hybridized carbons (Fsp3) is 0.500. The summed E-state index contributed by atoms with van der Waals surface area (Å²) in [5.74, 6) is -0.209. The first-order valence-electron chi connectivity index (χ1n) is 6.77. The monoisotopic (exact) mass is 263 g/mol. The van der Waals surface area contributed by atoms with Crippen LogP contribution in [0.3, 0.4) is 0 Å². The summed E-state index contributed by atoms with van der Waals surface area (Å²) in [4.78, 5) is 11.8. The van der Waals surface area contributed by atoms with Gasteiger partial charge < -0.3 is 16.0 Å². The van der Waals surface area contributed by atoms with Gasteiger partial charge >= 0.3 is 0 Å². The topological polar surface area (TPSA) is 53.2 Å². The highest BCUT2D eigenvalue weighted by Crippen LogP contribution is 2.24. The van der Waals surface area contributed by atoms with Gasteiger partial charge in [0.15, 0.2) is 6.30 Å². The lowest BCUT2D eigenvalue weighted by atomic mass is 9.97. The van der Waals surface area contributed by atoms with Crippen molar-refractivity contribution in [3.05, 3.63) is 35.1 Å². The normalized spacial score (nSPS) is 26.8. The van der Waals surface area contributed by atoms with Crippen LogP contribution in [-0.4, -0.2) is 31.3 Å². The molecule has 0 radical (unpaired) electrons. The minimum absolute atomic E-state index is 0.209. The molecule has 3 N–H and O–H groups in total. The average molecular weight is 263 g/mol. The molecule has 1 atom stereocenters. The predicted octanol–water partition coefficient (Wildman–Crippen LogP) is 0.894. The largest absolute Gasteiger partial charge is 0.348 e. The molecule has 0 spiro atoms. The summed E-state index contributed by atoms with van der Waals surface area (Å²) in [6, 6.07) is 0.283. The van der Waals surface area contributed by atoms with Crippen molar-refractivity contribution in [1.82, 2.24) is 16.0 Å². The van der Waals surface area contributed by atoms with Crippen molar-refractivity contribution in [3.63, 3.8) is 0 Å². The van der Waals surface area contributed by atoms with E-state index in [4.69, 9.17) is 0 Å². The first kappa shape index (κ1) is 12.4. The molecule has 1 fully saturated rings. The van der Waals surface area contributed by atoms with E-state index in [1.807, 2.05) is 6.08 Å². The van der Waals surface area contributed by atoms with Crippen molar-refractivity contribution < 1.29 is 9.18 Å². The SMILES string of the molecule is O=C(NC1CC1)C1=CC=C(C2=CCNCC2)C(F)N1. The van der Waals surface area contributed by atoms with Gasteiger partial charge in [0.2, 0.25) is 0 Å². The van der Waals surface area contributed by atoms with Gasteiger partial charge in [-0.2, -0.15) is 0 Å². The number of alkyl halides is 1. The Balaban J connectivity index is 1.72. The van der Waals surface area contributed by atoms with Crippen LogP contribution in [0.25, 0.3) is 0 Å². The maximum absolute atomic E-state index is 14.1. The average Bonchev–Trinajstić information content (AvgIpc) is 3.23. The van der Waals surface area contributed by atoms with E-state index in [2.05, 4.69) is 16.0 Å². The number of rotatable bonds is 3. The van der Waals surface area contributed by atoms with Crippen LogP contribution in [-0.2, 0) is 4.79 Å². The molecule has 0 bridgehead atoms. The number of hydrogen-bond donors (Lipinski definition) is 3. The summed E-state index contributed by atoms with van der Waals surface area (Å²) in [7, 11) is 0. The number of allylic oxidation sites excluding steroid dienone is 2. The molecular weight excluding hydrogens is 245 g/mol. The zero-order chi connectivity index (χ0) is 13.2. The number of carbonyl (C=O) groups is 1. The standard InChI is InChI=1S/C14H18FN3O/c15-13-11(9-5-7-16-8-6-9)3-4-12(18-13)14(19)17-10-1-2-10/h3-5,10,13,16,18H,1-2,6-8H2,(H,17,19). The molecule has 3 aliphatic rings. The lowest BCUT2D eigenvalue weighted by Gasteiger charge is -2.24. The van der Waals surface area contributed by atoms with E-state index in [0.29, 0.717) is 11.3 Å². The van der Waals surface area contributed by atoms with Crippen molar-refractivity contribution in [2.24, 2.45) is 0 Å². The number of hydrogen-bond acceptors (Lipinski definition) is 3. The summed E-state index contributed by atoms with van der Waals surface area (Å²) >= 11 is 0. The van der Waals surface area contributed by atoms with Crippen LogP contribution < -0.4 is 16.0 Å². The highest BCUT2D eigenvalue weighted by atomic mass is 19.1. The third-order valence-corrected chi connectivity index (χ3v) is 3.58. The van der Waals surface area contributed by atoms with Gasteiger partial charge in [0.05, 0.1) is 0 Å². The van der Waals surface area contributed by atoms with Crippen LogP contribution in [0.4, 0.5) is 4.39 Å². The van der Waals surface area contributed by atoms with Crippen LogP contribution in [0, 0.1) is 0 Å². The van der Waals surface area contributed by atoms with E-state index >= 15 is 0 Å². The molecule has 1 amide bonds. The Morgan fingerprint density at radius 1 is 1.37 bits per heavy atom. The van der Waals surface area contributed by atoms with Crippen molar-refractivity contribution in [2.75, 3.05) is 13.1 Å². The number of nitrogens with one attached hydrogen (secondary N) is 3. The Kier molecular flexibility index (Phi) is 3.38. The van der Waals surface area contributed by atoms with Crippen LogP contribution in [0.15, 0.2) is 35.1 Å². The van der Waals surface area contributed by atoms with Crippen LogP contribution >= 0.6 is 0 Å². The smallest absolute Gasteiger partial charge is 0.267 e. The van der Waals surface area contributed by atoms with E-state index in [9.17, 15) is 9.18 Å². The molecule has 0 saturated heterocycles. The zero-order valence-electron chi connectivity index (χ0n) is 10.7. The lowest BCUT2D eigenvalue weighted by Crippen LogP contribution is -2.39. The van der Waals surface area contributed by atoms with Crippen molar-refractivity contribution in [1.29, 1.82) is 0 Å². The summed E-state index contributed by atoms with van der Waals surface area (Å²) in [6.45, 7) is 1.65. The Labute approximate surface area is 111 Å². The number of halogens is 1. The molecule has 102 valence electrons.